The van der Waals surface area contributed by atoms with E-state index >= 15 is 0 Å². The summed E-state index contributed by atoms with van der Waals surface area (Å²) in [6.07, 6.45) is 18.4. The fraction of sp³-hybridized carbons (Fsp3) is 1.00. The average molecular weight is 313 g/mol. The molecule has 1 heteroatoms. The van der Waals surface area contributed by atoms with Gasteiger partial charge in [0.15, 0.2) is 0 Å². The van der Waals surface area contributed by atoms with Crippen LogP contribution in [-0.2, 0) is 0 Å². The Hall–Kier alpha value is -0.0400. The van der Waals surface area contributed by atoms with Gasteiger partial charge in [-0.1, -0.05) is 72.6 Å². The fourth-order valence-corrected chi connectivity index (χ4v) is 3.58. The molecule has 0 radical (unpaired) electrons. The summed E-state index contributed by atoms with van der Waals surface area (Å²) < 4.78 is 1.44. The van der Waals surface area contributed by atoms with Gasteiger partial charge < -0.3 is 4.48 Å². The van der Waals surface area contributed by atoms with E-state index in [0.717, 1.165) is 0 Å². The van der Waals surface area contributed by atoms with Crippen LogP contribution in [0.1, 0.15) is 111 Å². The highest BCUT2D eigenvalue weighted by Gasteiger charge is 2.25. The topological polar surface area (TPSA) is 0 Å². The van der Waals surface area contributed by atoms with Gasteiger partial charge in [-0.05, 0) is 38.5 Å². The maximum absolute atomic E-state index is 2.35. The van der Waals surface area contributed by atoms with Crippen LogP contribution in [0.2, 0.25) is 0 Å². The van der Waals surface area contributed by atoms with Crippen molar-refractivity contribution in [2.45, 2.75) is 111 Å². The lowest BCUT2D eigenvalue weighted by Crippen LogP contribution is -2.50. The monoisotopic (exact) mass is 312 g/mol. The molecule has 0 rings (SSSR count). The van der Waals surface area contributed by atoms with Crippen molar-refractivity contribution in [3.8, 4) is 0 Å². The lowest BCUT2D eigenvalue weighted by molar-refractivity contribution is -0.929. The van der Waals surface area contributed by atoms with E-state index in [1.807, 2.05) is 0 Å². The lowest BCUT2D eigenvalue weighted by atomic mass is 10.1. The third-order valence-electron chi connectivity index (χ3n) is 5.19. The number of rotatable bonds is 17. The molecule has 0 spiro atoms. The van der Waals surface area contributed by atoms with Crippen molar-refractivity contribution in [2.24, 2.45) is 0 Å². The highest BCUT2D eigenvalue weighted by atomic mass is 15.3. The van der Waals surface area contributed by atoms with Crippen LogP contribution in [0.3, 0.4) is 0 Å². The molecule has 0 unspecified atom stereocenters. The second-order valence-electron chi connectivity index (χ2n) is 7.42. The summed E-state index contributed by atoms with van der Waals surface area (Å²) in [5, 5.41) is 0. The molecule has 0 N–H and O–H groups in total. The van der Waals surface area contributed by atoms with Crippen LogP contribution in [0, 0.1) is 0 Å². The first-order chi connectivity index (χ1) is 10.7. The van der Waals surface area contributed by atoms with Gasteiger partial charge in [0, 0.05) is 0 Å². The van der Waals surface area contributed by atoms with Crippen LogP contribution in [0.25, 0.3) is 0 Å². The van der Waals surface area contributed by atoms with Crippen molar-refractivity contribution in [1.82, 2.24) is 0 Å². The van der Waals surface area contributed by atoms with Crippen LogP contribution in [0.4, 0.5) is 0 Å². The Bertz CT molecular complexity index is 204. The summed E-state index contributed by atoms with van der Waals surface area (Å²) in [5.41, 5.74) is 0. The summed E-state index contributed by atoms with van der Waals surface area (Å²) >= 11 is 0. The van der Waals surface area contributed by atoms with Gasteiger partial charge in [-0.15, -0.1) is 0 Å². The van der Waals surface area contributed by atoms with E-state index < -0.39 is 0 Å². The Labute approximate surface area is 142 Å². The molecule has 0 aliphatic rings. The summed E-state index contributed by atoms with van der Waals surface area (Å²) in [5.74, 6) is 0. The van der Waals surface area contributed by atoms with E-state index in [1.165, 1.54) is 114 Å². The molecule has 0 fully saturated rings. The van der Waals surface area contributed by atoms with Crippen molar-refractivity contribution in [1.29, 1.82) is 0 Å². The Morgan fingerprint density at radius 3 is 1.18 bits per heavy atom. The van der Waals surface area contributed by atoms with Crippen molar-refractivity contribution in [3.63, 3.8) is 0 Å². The molecule has 0 aromatic carbocycles. The Balaban J connectivity index is 4.34. The van der Waals surface area contributed by atoms with Crippen LogP contribution >= 0.6 is 0 Å². The van der Waals surface area contributed by atoms with Gasteiger partial charge in [0.1, 0.15) is 0 Å². The third-order valence-corrected chi connectivity index (χ3v) is 5.19. The molecule has 0 aliphatic heterocycles. The van der Waals surface area contributed by atoms with Gasteiger partial charge in [-0.3, -0.25) is 0 Å². The van der Waals surface area contributed by atoms with E-state index in [0.29, 0.717) is 0 Å². The summed E-state index contributed by atoms with van der Waals surface area (Å²) in [7, 11) is 0. The zero-order valence-electron chi connectivity index (χ0n) is 16.5. The number of nitrogens with zero attached hydrogens (tertiary/aromatic N) is 1. The van der Waals surface area contributed by atoms with Gasteiger partial charge in [-0.25, -0.2) is 0 Å². The fourth-order valence-electron chi connectivity index (χ4n) is 3.58. The molecule has 0 aromatic rings. The smallest absolute Gasteiger partial charge is 0.0786 e. The standard InChI is InChI=1S/C21H46N/c1-5-9-13-14-15-17-21-22(18-11-7-3,19-12-8-4)20-16-10-6-2/h5-21H2,1-4H3/q+1. The number of unbranched alkanes of at least 4 members (excludes halogenated alkanes) is 9. The molecule has 0 aromatic heterocycles. The molecule has 0 saturated heterocycles. The van der Waals surface area contributed by atoms with Gasteiger partial charge in [0.05, 0.1) is 26.2 Å². The molecule has 1 nitrogen and oxygen atoms in total. The van der Waals surface area contributed by atoms with Crippen LogP contribution in [0.15, 0.2) is 0 Å². The zero-order chi connectivity index (χ0) is 16.5. The maximum Gasteiger partial charge on any atom is 0.0786 e. The van der Waals surface area contributed by atoms with Crippen molar-refractivity contribution in [3.05, 3.63) is 0 Å². The number of hydrogen-bond acceptors (Lipinski definition) is 0. The molecular weight excluding hydrogens is 266 g/mol. The molecule has 0 bridgehead atoms. The van der Waals surface area contributed by atoms with Crippen LogP contribution in [-0.4, -0.2) is 30.7 Å². The number of hydrogen-bond donors (Lipinski definition) is 0. The molecule has 0 amide bonds. The SMILES string of the molecule is CCCCCCCC[N+](CCCC)(CCCC)CCCCC. The van der Waals surface area contributed by atoms with E-state index in [2.05, 4.69) is 27.7 Å². The first kappa shape index (κ1) is 22.0. The van der Waals surface area contributed by atoms with Crippen LogP contribution in [0.5, 0.6) is 0 Å². The molecular formula is C21H46N+. The molecule has 0 heterocycles. The Morgan fingerprint density at radius 2 is 0.682 bits per heavy atom. The minimum Gasteiger partial charge on any atom is -0.324 e. The largest absolute Gasteiger partial charge is 0.324 e. The minimum absolute atomic E-state index is 1.36. The first-order valence-electron chi connectivity index (χ1n) is 10.6. The normalized spacial score (nSPS) is 12.0. The van der Waals surface area contributed by atoms with Gasteiger partial charge in [0.2, 0.25) is 0 Å². The van der Waals surface area contributed by atoms with Crippen LogP contribution < -0.4 is 0 Å². The quantitative estimate of drug-likeness (QED) is 0.201. The van der Waals surface area contributed by atoms with E-state index in [9.17, 15) is 0 Å². The summed E-state index contributed by atoms with van der Waals surface area (Å²) in [4.78, 5) is 0. The number of quaternary nitrogens is 1. The molecule has 22 heavy (non-hydrogen) atoms. The zero-order valence-corrected chi connectivity index (χ0v) is 16.5. The summed E-state index contributed by atoms with van der Waals surface area (Å²) in [6.45, 7) is 15.1. The van der Waals surface area contributed by atoms with Gasteiger partial charge >= 0.3 is 0 Å². The average Bonchev–Trinajstić information content (AvgIpc) is 2.54. The molecule has 0 saturated carbocycles. The van der Waals surface area contributed by atoms with Crippen molar-refractivity contribution >= 4 is 0 Å². The highest BCUT2D eigenvalue weighted by Crippen LogP contribution is 2.18. The Morgan fingerprint density at radius 1 is 0.364 bits per heavy atom. The van der Waals surface area contributed by atoms with Crippen molar-refractivity contribution < 1.29 is 4.48 Å². The predicted molar refractivity (Wildman–Crippen MR) is 102 cm³/mol. The Kier molecular flexibility index (Phi) is 15.8. The highest BCUT2D eigenvalue weighted by molar-refractivity contribution is 4.51. The van der Waals surface area contributed by atoms with E-state index in [-0.39, 0.29) is 0 Å². The van der Waals surface area contributed by atoms with Gasteiger partial charge in [0.25, 0.3) is 0 Å². The van der Waals surface area contributed by atoms with E-state index in [4.69, 9.17) is 0 Å². The van der Waals surface area contributed by atoms with Gasteiger partial charge in [-0.2, -0.15) is 0 Å². The first-order valence-corrected chi connectivity index (χ1v) is 10.6. The lowest BCUT2D eigenvalue weighted by Gasteiger charge is -2.39. The summed E-state index contributed by atoms with van der Waals surface area (Å²) in [6, 6.07) is 0. The third kappa shape index (κ3) is 11.5. The minimum atomic E-state index is 1.36. The molecule has 0 atom stereocenters. The van der Waals surface area contributed by atoms with E-state index in [1.54, 1.807) is 0 Å². The van der Waals surface area contributed by atoms with Crippen molar-refractivity contribution in [2.75, 3.05) is 26.2 Å². The molecule has 0 aliphatic carbocycles. The molecule has 134 valence electrons. The predicted octanol–water partition coefficient (Wildman–Crippen LogP) is 6.95. The second kappa shape index (κ2) is 15.8. The second-order valence-corrected chi connectivity index (χ2v) is 7.42. The maximum atomic E-state index is 2.35.